The molecule has 0 saturated carbocycles. The van der Waals surface area contributed by atoms with E-state index in [1.807, 2.05) is 43.3 Å². The average Bonchev–Trinajstić information content (AvgIpc) is 3.07. The number of hydrogen-bond acceptors (Lipinski definition) is 7. The number of rotatable bonds is 7. The lowest BCUT2D eigenvalue weighted by atomic mass is 10.1. The van der Waals surface area contributed by atoms with Gasteiger partial charge in [-0.25, -0.2) is 4.98 Å². The quantitative estimate of drug-likeness (QED) is 0.238. The van der Waals surface area contributed by atoms with Crippen LogP contribution in [0, 0.1) is 24.0 Å². The molecule has 0 aliphatic rings. The van der Waals surface area contributed by atoms with Crippen molar-refractivity contribution in [3.05, 3.63) is 80.4 Å². The Morgan fingerprint density at radius 2 is 1.87 bits per heavy atom. The molecule has 1 heterocycles. The van der Waals surface area contributed by atoms with E-state index < -0.39 is 4.92 Å². The molecule has 1 aromatic heterocycles. The summed E-state index contributed by atoms with van der Waals surface area (Å²) in [5, 5.41) is 14.7. The number of benzene rings is 2. The highest BCUT2D eigenvalue weighted by Crippen LogP contribution is 2.31. The van der Waals surface area contributed by atoms with E-state index in [-0.39, 0.29) is 11.5 Å². The molecule has 7 nitrogen and oxygen atoms in total. The van der Waals surface area contributed by atoms with Gasteiger partial charge in [-0.2, -0.15) is 0 Å². The zero-order chi connectivity index (χ0) is 21.8. The molecule has 3 aromatic rings. The molecule has 0 aliphatic carbocycles. The summed E-state index contributed by atoms with van der Waals surface area (Å²) in [6.45, 7) is 3.60. The summed E-state index contributed by atoms with van der Waals surface area (Å²) >= 11 is 1.28. The van der Waals surface area contributed by atoms with Gasteiger partial charge in [0.1, 0.15) is 11.4 Å². The van der Waals surface area contributed by atoms with Gasteiger partial charge in [-0.15, -0.1) is 11.3 Å². The highest BCUT2D eigenvalue weighted by atomic mass is 32.1. The molecule has 2 aromatic carbocycles. The highest BCUT2D eigenvalue weighted by Gasteiger charge is 2.18. The van der Waals surface area contributed by atoms with E-state index in [4.69, 9.17) is 0 Å². The van der Waals surface area contributed by atoms with Crippen LogP contribution in [0.5, 0.6) is 0 Å². The van der Waals surface area contributed by atoms with Gasteiger partial charge >= 0.3 is 0 Å². The fraction of sp³-hybridized carbons (Fsp3) is 0.182. The number of nitro groups is 1. The van der Waals surface area contributed by atoms with E-state index in [1.165, 1.54) is 23.5 Å². The summed E-state index contributed by atoms with van der Waals surface area (Å²) in [5.41, 5.74) is 3.43. The van der Waals surface area contributed by atoms with Gasteiger partial charge in [0.25, 0.3) is 5.69 Å². The van der Waals surface area contributed by atoms with Crippen LogP contribution in [0.15, 0.2) is 48.5 Å². The normalized spacial score (nSPS) is 10.9. The molecule has 0 fully saturated rings. The number of allylic oxidation sites excluding steroid dienone is 1. The molecule has 0 radical (unpaired) electrons. The van der Waals surface area contributed by atoms with Crippen molar-refractivity contribution in [1.82, 2.24) is 4.98 Å². The van der Waals surface area contributed by atoms with Gasteiger partial charge in [0.2, 0.25) is 5.78 Å². The average molecular weight is 423 g/mol. The predicted molar refractivity (Wildman–Crippen MR) is 122 cm³/mol. The van der Waals surface area contributed by atoms with Crippen LogP contribution in [0.4, 0.5) is 22.2 Å². The molecule has 30 heavy (non-hydrogen) atoms. The van der Waals surface area contributed by atoms with Crippen LogP contribution in [0.2, 0.25) is 0 Å². The first-order valence-corrected chi connectivity index (χ1v) is 10.1. The van der Waals surface area contributed by atoms with Gasteiger partial charge in [-0.05, 0) is 49.2 Å². The van der Waals surface area contributed by atoms with Crippen LogP contribution >= 0.6 is 11.3 Å². The van der Waals surface area contributed by atoms with E-state index in [1.54, 1.807) is 32.1 Å². The summed E-state index contributed by atoms with van der Waals surface area (Å²) in [6, 6.07) is 12.8. The molecule has 1 N–H and O–H groups in total. The third-order valence-electron chi connectivity index (χ3n) is 4.46. The number of carbonyl (C=O) groups is 1. The zero-order valence-electron chi connectivity index (χ0n) is 17.2. The van der Waals surface area contributed by atoms with Gasteiger partial charge in [-0.3, -0.25) is 14.9 Å². The Kier molecular flexibility index (Phi) is 6.27. The molecule has 0 saturated heterocycles. The minimum Gasteiger partial charge on any atom is -0.378 e. The summed E-state index contributed by atoms with van der Waals surface area (Å²) in [4.78, 5) is 30.6. The first-order chi connectivity index (χ1) is 14.2. The third kappa shape index (κ3) is 4.90. The molecule has 0 bridgehead atoms. The lowest BCUT2D eigenvalue weighted by Crippen LogP contribution is -2.07. The molecule has 0 amide bonds. The maximum Gasteiger partial charge on any atom is 0.292 e. The van der Waals surface area contributed by atoms with Crippen molar-refractivity contribution < 1.29 is 9.72 Å². The zero-order valence-corrected chi connectivity index (χ0v) is 18.0. The molecule has 0 atom stereocenters. The number of ketones is 1. The van der Waals surface area contributed by atoms with Crippen molar-refractivity contribution in [1.29, 1.82) is 0 Å². The molecule has 0 aliphatic heterocycles. The number of nitrogens with zero attached hydrogens (tertiary/aromatic N) is 3. The predicted octanol–water partition coefficient (Wildman–Crippen LogP) is 5.37. The van der Waals surface area contributed by atoms with Crippen LogP contribution < -0.4 is 10.2 Å². The number of nitro benzene ring substituents is 1. The molecular weight excluding hydrogens is 400 g/mol. The van der Waals surface area contributed by atoms with Crippen LogP contribution in [0.3, 0.4) is 0 Å². The number of hydrogen-bond donors (Lipinski definition) is 1. The molecule has 8 heteroatoms. The first kappa shape index (κ1) is 21.2. The van der Waals surface area contributed by atoms with Crippen LogP contribution in [0.1, 0.15) is 26.5 Å². The van der Waals surface area contributed by atoms with Gasteiger partial charge < -0.3 is 10.2 Å². The monoisotopic (exact) mass is 422 g/mol. The van der Waals surface area contributed by atoms with Gasteiger partial charge in [0.15, 0.2) is 5.13 Å². The Hall–Kier alpha value is -3.52. The van der Waals surface area contributed by atoms with Crippen LogP contribution in [-0.2, 0) is 0 Å². The molecule has 0 spiro atoms. The minimum atomic E-state index is -0.438. The largest absolute Gasteiger partial charge is 0.378 e. The second-order valence-corrected chi connectivity index (χ2v) is 8.21. The first-order valence-electron chi connectivity index (χ1n) is 9.24. The van der Waals surface area contributed by atoms with E-state index >= 15 is 0 Å². The van der Waals surface area contributed by atoms with Crippen molar-refractivity contribution >= 4 is 45.4 Å². The Bertz CT molecular complexity index is 1120. The van der Waals surface area contributed by atoms with Crippen molar-refractivity contribution in [2.45, 2.75) is 13.8 Å². The number of aryl methyl sites for hydroxylation is 2. The van der Waals surface area contributed by atoms with Crippen molar-refractivity contribution in [2.24, 2.45) is 0 Å². The summed E-state index contributed by atoms with van der Waals surface area (Å²) < 4.78 is 0. The lowest BCUT2D eigenvalue weighted by molar-refractivity contribution is -0.384. The van der Waals surface area contributed by atoms with Gasteiger partial charge in [-0.1, -0.05) is 24.3 Å². The SMILES string of the molecule is Cc1ccc(Nc2nc(C(=O)/C=C/c3ccc(N(C)C)cc3)c(C)s2)c([N+](=O)[O-])c1. The Morgan fingerprint density at radius 3 is 2.50 bits per heavy atom. The standard InChI is InChI=1S/C22H22N4O3S/c1-14-5-11-18(19(13-14)26(28)29)23-22-24-21(15(2)30-22)20(27)12-8-16-6-9-17(10-7-16)25(3)4/h5-13H,1-4H3,(H,23,24)/b12-8+. The van der Waals surface area contributed by atoms with Crippen LogP contribution in [0.25, 0.3) is 6.08 Å². The lowest BCUT2D eigenvalue weighted by Gasteiger charge is -2.11. The summed E-state index contributed by atoms with van der Waals surface area (Å²) in [6.07, 6.45) is 3.24. The van der Waals surface area contributed by atoms with Gasteiger partial charge in [0, 0.05) is 30.7 Å². The van der Waals surface area contributed by atoms with Crippen molar-refractivity contribution in [2.75, 3.05) is 24.3 Å². The molecule has 154 valence electrons. The number of aromatic nitrogens is 1. The Labute approximate surface area is 178 Å². The smallest absolute Gasteiger partial charge is 0.292 e. The number of anilines is 3. The third-order valence-corrected chi connectivity index (χ3v) is 5.34. The van der Waals surface area contributed by atoms with E-state index in [2.05, 4.69) is 10.3 Å². The fourth-order valence-corrected chi connectivity index (χ4v) is 3.66. The minimum absolute atomic E-state index is 0.0307. The highest BCUT2D eigenvalue weighted by molar-refractivity contribution is 7.15. The Balaban J connectivity index is 1.77. The number of thiazole rings is 1. The molecule has 3 rings (SSSR count). The molecular formula is C22H22N4O3S. The number of carbonyl (C=O) groups excluding carboxylic acids is 1. The number of nitrogens with one attached hydrogen (secondary N) is 1. The maximum absolute atomic E-state index is 12.6. The van der Waals surface area contributed by atoms with Crippen molar-refractivity contribution in [3.8, 4) is 0 Å². The van der Waals surface area contributed by atoms with E-state index in [9.17, 15) is 14.9 Å². The topological polar surface area (TPSA) is 88.4 Å². The Morgan fingerprint density at radius 1 is 1.17 bits per heavy atom. The second-order valence-electron chi connectivity index (χ2n) is 7.01. The van der Waals surface area contributed by atoms with E-state index in [0.717, 1.165) is 21.7 Å². The fourth-order valence-electron chi connectivity index (χ4n) is 2.83. The van der Waals surface area contributed by atoms with Crippen LogP contribution in [-0.4, -0.2) is 29.8 Å². The molecule has 0 unspecified atom stereocenters. The van der Waals surface area contributed by atoms with Gasteiger partial charge in [0.05, 0.1) is 4.92 Å². The second kappa shape index (κ2) is 8.87. The summed E-state index contributed by atoms with van der Waals surface area (Å²) in [7, 11) is 3.94. The van der Waals surface area contributed by atoms with Crippen molar-refractivity contribution in [3.63, 3.8) is 0 Å². The van der Waals surface area contributed by atoms with E-state index in [0.29, 0.717) is 16.5 Å². The maximum atomic E-state index is 12.6. The summed E-state index contributed by atoms with van der Waals surface area (Å²) in [5.74, 6) is -0.216.